The Labute approximate surface area is 239 Å². The zero-order valence-electron chi connectivity index (χ0n) is 23.7. The number of carbonyl (C=O) groups is 3. The van der Waals surface area contributed by atoms with Crippen LogP contribution in [0.4, 0.5) is 0 Å². The van der Waals surface area contributed by atoms with Crippen molar-refractivity contribution < 1.29 is 29.7 Å². The molecule has 0 fully saturated rings. The molecular formula is C25H26N8O10. The number of rotatable bonds is 3. The summed E-state index contributed by atoms with van der Waals surface area (Å²) >= 11 is 0. The number of aromatic nitrogens is 8. The molecule has 226 valence electrons. The molecule has 0 atom stereocenters. The molecule has 0 unspecified atom stereocenters. The van der Waals surface area contributed by atoms with Crippen LogP contribution in [0, 0.1) is 0 Å². The first-order valence-electron chi connectivity index (χ1n) is 12.0. The molecule has 1 aromatic carbocycles. The quantitative estimate of drug-likeness (QED) is 0.220. The van der Waals surface area contributed by atoms with Gasteiger partial charge in [-0.2, -0.15) is 0 Å². The number of fused-ring (bicyclic) bond motifs is 2. The van der Waals surface area contributed by atoms with E-state index < -0.39 is 29.0 Å². The number of carboxylic acids is 3. The molecule has 4 heterocycles. The number of imidazole rings is 2. The number of hydrogen-bond donors (Lipinski definition) is 3. The van der Waals surface area contributed by atoms with Crippen LogP contribution in [-0.4, -0.2) is 70.6 Å². The molecule has 0 saturated carbocycles. The van der Waals surface area contributed by atoms with E-state index in [1.807, 2.05) is 0 Å². The highest BCUT2D eigenvalue weighted by Gasteiger charge is 2.18. The van der Waals surface area contributed by atoms with Crippen LogP contribution < -0.4 is 22.5 Å². The summed E-state index contributed by atoms with van der Waals surface area (Å²) in [6, 6.07) is 2.81. The van der Waals surface area contributed by atoms with E-state index >= 15 is 0 Å². The molecule has 0 aliphatic carbocycles. The molecule has 18 heteroatoms. The van der Waals surface area contributed by atoms with Crippen molar-refractivity contribution in [2.75, 3.05) is 0 Å². The summed E-state index contributed by atoms with van der Waals surface area (Å²) in [6.07, 6.45) is 3.04. The molecular weight excluding hydrogens is 572 g/mol. The number of nitrogens with zero attached hydrogens (tertiary/aromatic N) is 8. The van der Waals surface area contributed by atoms with E-state index in [4.69, 9.17) is 15.3 Å². The zero-order chi connectivity index (χ0) is 32.5. The monoisotopic (exact) mass is 598 g/mol. The van der Waals surface area contributed by atoms with Gasteiger partial charge >= 0.3 is 29.3 Å². The number of hydrogen-bond acceptors (Lipinski definition) is 9. The van der Waals surface area contributed by atoms with E-state index in [9.17, 15) is 33.6 Å². The van der Waals surface area contributed by atoms with Crippen LogP contribution in [-0.2, 0) is 42.3 Å². The van der Waals surface area contributed by atoms with E-state index in [2.05, 4.69) is 9.97 Å². The lowest BCUT2D eigenvalue weighted by Crippen LogP contribution is -2.37. The summed E-state index contributed by atoms with van der Waals surface area (Å²) in [5, 5.41) is 25.9. The largest absolute Gasteiger partial charge is 0.478 e. The van der Waals surface area contributed by atoms with Crippen LogP contribution in [0.1, 0.15) is 31.1 Å². The van der Waals surface area contributed by atoms with Gasteiger partial charge in [0.2, 0.25) is 0 Å². The molecule has 3 N–H and O–H groups in total. The first kappa shape index (κ1) is 31.5. The molecule has 0 amide bonds. The Morgan fingerprint density at radius 3 is 1.33 bits per heavy atom. The summed E-state index contributed by atoms with van der Waals surface area (Å²) in [4.78, 5) is 86.1. The lowest BCUT2D eigenvalue weighted by Gasteiger charge is -2.02. The molecule has 5 aromatic rings. The molecule has 0 saturated heterocycles. The van der Waals surface area contributed by atoms with Gasteiger partial charge in [-0.1, -0.05) is 0 Å². The topological polar surface area (TPSA) is 236 Å². The fourth-order valence-corrected chi connectivity index (χ4v) is 3.98. The minimum atomic E-state index is -1.48. The second-order valence-electron chi connectivity index (χ2n) is 9.14. The molecule has 18 nitrogen and oxygen atoms in total. The van der Waals surface area contributed by atoms with Crippen molar-refractivity contribution in [1.82, 2.24) is 37.4 Å². The maximum absolute atomic E-state index is 11.7. The predicted octanol–water partition coefficient (Wildman–Crippen LogP) is -1.28. The smallest absolute Gasteiger partial charge is 0.336 e. The van der Waals surface area contributed by atoms with Crippen LogP contribution in [0.15, 0.2) is 50.0 Å². The molecule has 5 rings (SSSR count). The SMILES string of the molecule is Cn1c(=O)c2c(ncn2C)n(C)c1=O.Cn1c(=O)c2c(ncn2C)n(C)c1=O.O=C(O)c1ccc(C(=O)O)c(C(=O)O)c1. The highest BCUT2D eigenvalue weighted by atomic mass is 16.4. The number of carboxylic acid groups (broad SMARTS) is 3. The fraction of sp³-hybridized carbons (Fsp3) is 0.240. The van der Waals surface area contributed by atoms with E-state index in [-0.39, 0.29) is 28.1 Å². The molecule has 0 aliphatic rings. The third kappa shape index (κ3) is 5.73. The second-order valence-corrected chi connectivity index (χ2v) is 9.14. The third-order valence-corrected chi connectivity index (χ3v) is 6.36. The van der Waals surface area contributed by atoms with E-state index in [1.54, 1.807) is 37.3 Å². The summed E-state index contributed by atoms with van der Waals surface area (Å²) in [5.41, 5.74) is -0.883. The van der Waals surface area contributed by atoms with Crippen LogP contribution in [0.5, 0.6) is 0 Å². The lowest BCUT2D eigenvalue weighted by molar-refractivity contribution is 0.0649. The standard InChI is InChI=1S/C9H6O6.2C8H10N4O2/c10-7(11)4-1-2-5(8(12)13)6(3-4)9(14)15;2*1-10-4-9-6-5(10)7(13)12(3)8(14)11(6)2/h1-3H,(H,10,11)(H,12,13)(H,14,15);2*4H,1-3H3. The molecule has 43 heavy (non-hydrogen) atoms. The van der Waals surface area contributed by atoms with Gasteiger partial charge in [0.25, 0.3) is 11.1 Å². The molecule has 0 bridgehead atoms. The first-order chi connectivity index (χ1) is 20.0. The van der Waals surface area contributed by atoms with Gasteiger partial charge < -0.3 is 24.5 Å². The fourth-order valence-electron chi connectivity index (χ4n) is 3.98. The van der Waals surface area contributed by atoms with E-state index in [0.717, 1.165) is 27.3 Å². The van der Waals surface area contributed by atoms with Gasteiger partial charge in [-0.25, -0.2) is 33.9 Å². The number of aromatic carboxylic acids is 3. The summed E-state index contributed by atoms with van der Waals surface area (Å²) in [6.45, 7) is 0. The van der Waals surface area contributed by atoms with E-state index in [1.165, 1.54) is 35.9 Å². The highest BCUT2D eigenvalue weighted by molar-refractivity contribution is 6.03. The van der Waals surface area contributed by atoms with Gasteiger partial charge in [0.05, 0.1) is 29.3 Å². The van der Waals surface area contributed by atoms with Crippen LogP contribution in [0.2, 0.25) is 0 Å². The Kier molecular flexibility index (Phi) is 8.64. The summed E-state index contributed by atoms with van der Waals surface area (Å²) in [5.74, 6) is -4.20. The minimum Gasteiger partial charge on any atom is -0.478 e. The average molecular weight is 599 g/mol. The minimum absolute atomic E-state index is 0.266. The Morgan fingerprint density at radius 2 is 0.977 bits per heavy atom. The van der Waals surface area contributed by atoms with Crippen LogP contribution >= 0.6 is 0 Å². The van der Waals surface area contributed by atoms with E-state index in [0.29, 0.717) is 22.3 Å². The predicted molar refractivity (Wildman–Crippen MR) is 150 cm³/mol. The third-order valence-electron chi connectivity index (χ3n) is 6.36. The van der Waals surface area contributed by atoms with Crippen molar-refractivity contribution in [2.24, 2.45) is 42.3 Å². The maximum Gasteiger partial charge on any atom is 0.336 e. The Balaban J connectivity index is 0.000000177. The lowest BCUT2D eigenvalue weighted by atomic mass is 10.0. The van der Waals surface area contributed by atoms with Gasteiger partial charge in [-0.15, -0.1) is 0 Å². The molecule has 4 aromatic heterocycles. The van der Waals surface area contributed by atoms with Gasteiger partial charge in [0.15, 0.2) is 22.3 Å². The van der Waals surface area contributed by atoms with Crippen molar-refractivity contribution in [3.8, 4) is 0 Å². The van der Waals surface area contributed by atoms with Gasteiger partial charge in [0.1, 0.15) is 0 Å². The Hall–Kier alpha value is -6.07. The Bertz CT molecular complexity index is 2060. The summed E-state index contributed by atoms with van der Waals surface area (Å²) < 4.78 is 8.08. The molecule has 0 radical (unpaired) electrons. The maximum atomic E-state index is 11.7. The zero-order valence-corrected chi connectivity index (χ0v) is 23.7. The average Bonchev–Trinajstić information content (AvgIpc) is 3.55. The highest BCUT2D eigenvalue weighted by Crippen LogP contribution is 2.12. The van der Waals surface area contributed by atoms with Crippen molar-refractivity contribution in [1.29, 1.82) is 0 Å². The number of benzene rings is 1. The number of aryl methyl sites for hydroxylation is 4. The van der Waals surface area contributed by atoms with Crippen molar-refractivity contribution in [3.05, 3.63) is 89.2 Å². The van der Waals surface area contributed by atoms with Crippen molar-refractivity contribution in [3.63, 3.8) is 0 Å². The van der Waals surface area contributed by atoms with Gasteiger partial charge in [-0.05, 0) is 18.2 Å². The first-order valence-corrected chi connectivity index (χ1v) is 12.0. The van der Waals surface area contributed by atoms with Crippen LogP contribution in [0.25, 0.3) is 22.3 Å². The molecule has 0 spiro atoms. The van der Waals surface area contributed by atoms with Crippen LogP contribution in [0.3, 0.4) is 0 Å². The molecule has 0 aliphatic heterocycles. The van der Waals surface area contributed by atoms with Gasteiger partial charge in [0, 0.05) is 42.3 Å². The van der Waals surface area contributed by atoms with Crippen molar-refractivity contribution in [2.45, 2.75) is 0 Å². The van der Waals surface area contributed by atoms with Crippen molar-refractivity contribution >= 4 is 40.2 Å². The Morgan fingerprint density at radius 1 is 0.581 bits per heavy atom. The van der Waals surface area contributed by atoms with Gasteiger partial charge in [-0.3, -0.25) is 27.9 Å². The second kappa shape index (κ2) is 11.8. The summed E-state index contributed by atoms with van der Waals surface area (Å²) in [7, 11) is 9.55. The normalized spacial score (nSPS) is 10.6.